The molecule has 0 amide bonds. The van der Waals surface area contributed by atoms with Crippen LogP contribution >= 0.6 is 0 Å². The summed E-state index contributed by atoms with van der Waals surface area (Å²) in [6.45, 7) is 0. The maximum atomic E-state index is 5.15. The smallest absolute Gasteiger partial charge is 0.137 e. The second-order valence-electron chi connectivity index (χ2n) is 3.59. The van der Waals surface area contributed by atoms with Crippen molar-refractivity contribution < 1.29 is 4.74 Å². The molecular formula is C13H10N2O. The van der Waals surface area contributed by atoms with Gasteiger partial charge in [0, 0.05) is 17.0 Å². The van der Waals surface area contributed by atoms with E-state index < -0.39 is 0 Å². The van der Waals surface area contributed by atoms with Gasteiger partial charge in [0.1, 0.15) is 5.75 Å². The second kappa shape index (κ2) is 3.45. The highest BCUT2D eigenvalue weighted by atomic mass is 16.5. The van der Waals surface area contributed by atoms with Crippen LogP contribution in [0.25, 0.3) is 21.8 Å². The molecule has 0 fully saturated rings. The topological polar surface area (TPSA) is 35.0 Å². The summed E-state index contributed by atoms with van der Waals surface area (Å²) in [5.41, 5.74) is 1.85. The van der Waals surface area contributed by atoms with Crippen LogP contribution in [-0.2, 0) is 0 Å². The Morgan fingerprint density at radius 3 is 2.69 bits per heavy atom. The van der Waals surface area contributed by atoms with Crippen molar-refractivity contribution in [2.24, 2.45) is 0 Å². The Kier molecular flexibility index (Phi) is 1.96. The summed E-state index contributed by atoms with van der Waals surface area (Å²) >= 11 is 0. The number of rotatable bonds is 1. The minimum Gasteiger partial charge on any atom is -0.495 e. The van der Waals surface area contributed by atoms with Crippen molar-refractivity contribution in [1.29, 1.82) is 0 Å². The zero-order chi connectivity index (χ0) is 11.0. The Balaban J connectivity index is 2.43. The van der Waals surface area contributed by atoms with Crippen molar-refractivity contribution in [2.45, 2.75) is 0 Å². The number of benzene rings is 1. The zero-order valence-electron chi connectivity index (χ0n) is 8.84. The highest BCUT2D eigenvalue weighted by Gasteiger charge is 2.03. The zero-order valence-corrected chi connectivity index (χ0v) is 8.84. The maximum absolute atomic E-state index is 5.15. The van der Waals surface area contributed by atoms with E-state index in [1.165, 1.54) is 0 Å². The molecule has 3 heteroatoms. The fraction of sp³-hybridized carbons (Fsp3) is 0.0769. The first-order valence-corrected chi connectivity index (χ1v) is 5.06. The van der Waals surface area contributed by atoms with Gasteiger partial charge in [0.25, 0.3) is 0 Å². The maximum Gasteiger partial charge on any atom is 0.137 e. The lowest BCUT2D eigenvalue weighted by molar-refractivity contribution is 0.414. The van der Waals surface area contributed by atoms with Gasteiger partial charge in [-0.05, 0) is 12.1 Å². The molecule has 2 heterocycles. The van der Waals surface area contributed by atoms with E-state index in [1.54, 1.807) is 19.5 Å². The molecule has 78 valence electrons. The van der Waals surface area contributed by atoms with Crippen LogP contribution < -0.4 is 4.74 Å². The first-order valence-electron chi connectivity index (χ1n) is 5.06. The van der Waals surface area contributed by atoms with Gasteiger partial charge in [0.05, 0.1) is 24.3 Å². The van der Waals surface area contributed by atoms with E-state index >= 15 is 0 Å². The molecule has 0 spiro atoms. The third-order valence-corrected chi connectivity index (χ3v) is 2.63. The number of ether oxygens (including phenoxy) is 1. The molecule has 0 atom stereocenters. The van der Waals surface area contributed by atoms with Gasteiger partial charge in [-0.2, -0.15) is 0 Å². The molecule has 0 N–H and O–H groups in total. The van der Waals surface area contributed by atoms with E-state index in [2.05, 4.69) is 9.97 Å². The Morgan fingerprint density at radius 1 is 1.00 bits per heavy atom. The van der Waals surface area contributed by atoms with Crippen molar-refractivity contribution in [1.82, 2.24) is 9.97 Å². The predicted molar refractivity (Wildman–Crippen MR) is 63.6 cm³/mol. The van der Waals surface area contributed by atoms with Crippen molar-refractivity contribution in [2.75, 3.05) is 7.11 Å². The molecule has 3 aromatic rings. The molecule has 0 aliphatic rings. The Hall–Kier alpha value is -2.16. The van der Waals surface area contributed by atoms with E-state index in [9.17, 15) is 0 Å². The largest absolute Gasteiger partial charge is 0.495 e. The lowest BCUT2D eigenvalue weighted by Crippen LogP contribution is -1.87. The fourth-order valence-corrected chi connectivity index (χ4v) is 1.83. The van der Waals surface area contributed by atoms with Crippen LogP contribution in [0.2, 0.25) is 0 Å². The van der Waals surface area contributed by atoms with Crippen molar-refractivity contribution in [3.63, 3.8) is 0 Å². The van der Waals surface area contributed by atoms with Crippen LogP contribution in [0, 0.1) is 0 Å². The number of fused-ring (bicyclic) bond motifs is 3. The summed E-state index contributed by atoms with van der Waals surface area (Å²) in [5, 5.41) is 2.15. The van der Waals surface area contributed by atoms with Gasteiger partial charge >= 0.3 is 0 Å². The van der Waals surface area contributed by atoms with E-state index in [0.717, 1.165) is 27.6 Å². The molecule has 0 bridgehead atoms. The monoisotopic (exact) mass is 210 g/mol. The average molecular weight is 210 g/mol. The SMILES string of the molecule is COc1cnc2c(ccc3cccnc32)c1. The molecule has 0 aliphatic heterocycles. The number of pyridine rings is 2. The predicted octanol–water partition coefficient (Wildman–Crippen LogP) is 2.79. The minimum absolute atomic E-state index is 0.766. The highest BCUT2D eigenvalue weighted by Crippen LogP contribution is 2.24. The Morgan fingerprint density at radius 2 is 1.81 bits per heavy atom. The normalized spacial score (nSPS) is 10.8. The van der Waals surface area contributed by atoms with Crippen LogP contribution in [0.3, 0.4) is 0 Å². The van der Waals surface area contributed by atoms with Gasteiger partial charge in [-0.15, -0.1) is 0 Å². The quantitative estimate of drug-likeness (QED) is 0.579. The van der Waals surface area contributed by atoms with Gasteiger partial charge in [0.15, 0.2) is 0 Å². The summed E-state index contributed by atoms with van der Waals surface area (Å²) in [4.78, 5) is 8.75. The van der Waals surface area contributed by atoms with Gasteiger partial charge in [-0.1, -0.05) is 18.2 Å². The van der Waals surface area contributed by atoms with E-state index in [4.69, 9.17) is 4.74 Å². The minimum atomic E-state index is 0.766. The highest BCUT2D eigenvalue weighted by molar-refractivity contribution is 6.02. The molecule has 2 aromatic heterocycles. The molecule has 0 radical (unpaired) electrons. The third kappa shape index (κ3) is 1.29. The van der Waals surface area contributed by atoms with Gasteiger partial charge in [0.2, 0.25) is 0 Å². The van der Waals surface area contributed by atoms with Crippen LogP contribution in [0.5, 0.6) is 5.75 Å². The molecule has 1 aromatic carbocycles. The molecule has 0 saturated heterocycles. The van der Waals surface area contributed by atoms with E-state index in [0.29, 0.717) is 0 Å². The second-order valence-corrected chi connectivity index (χ2v) is 3.59. The molecule has 3 nitrogen and oxygen atoms in total. The van der Waals surface area contributed by atoms with Gasteiger partial charge in [-0.3, -0.25) is 9.97 Å². The molecule has 0 aliphatic carbocycles. The summed E-state index contributed by atoms with van der Waals surface area (Å²) < 4.78 is 5.15. The number of hydrogen-bond acceptors (Lipinski definition) is 3. The lowest BCUT2D eigenvalue weighted by atomic mass is 10.1. The summed E-state index contributed by atoms with van der Waals surface area (Å²) in [6, 6.07) is 10.0. The summed E-state index contributed by atoms with van der Waals surface area (Å²) in [7, 11) is 1.64. The number of aromatic nitrogens is 2. The van der Waals surface area contributed by atoms with Crippen molar-refractivity contribution in [3.8, 4) is 5.75 Å². The van der Waals surface area contributed by atoms with Crippen molar-refractivity contribution in [3.05, 3.63) is 42.7 Å². The third-order valence-electron chi connectivity index (χ3n) is 2.63. The van der Waals surface area contributed by atoms with E-state index in [1.807, 2.05) is 30.3 Å². The van der Waals surface area contributed by atoms with Gasteiger partial charge < -0.3 is 4.74 Å². The molecule has 0 unspecified atom stereocenters. The molecular weight excluding hydrogens is 200 g/mol. The van der Waals surface area contributed by atoms with E-state index in [-0.39, 0.29) is 0 Å². The average Bonchev–Trinajstić information content (AvgIpc) is 2.38. The summed E-state index contributed by atoms with van der Waals surface area (Å²) in [5.74, 6) is 0.766. The number of methoxy groups -OCH3 is 1. The molecule has 3 rings (SSSR count). The fourth-order valence-electron chi connectivity index (χ4n) is 1.83. The number of hydrogen-bond donors (Lipinski definition) is 0. The van der Waals surface area contributed by atoms with Crippen LogP contribution in [0.15, 0.2) is 42.7 Å². The lowest BCUT2D eigenvalue weighted by Gasteiger charge is -2.04. The number of nitrogens with zero attached hydrogens (tertiary/aromatic N) is 2. The standard InChI is InChI=1S/C13H10N2O/c1-16-11-7-10-5-4-9-3-2-6-14-12(9)13(10)15-8-11/h2-8H,1H3. The Bertz CT molecular complexity index is 664. The molecule has 0 saturated carbocycles. The first kappa shape index (κ1) is 9.09. The van der Waals surface area contributed by atoms with Crippen LogP contribution in [0.4, 0.5) is 0 Å². The first-order chi connectivity index (χ1) is 7.88. The van der Waals surface area contributed by atoms with Crippen molar-refractivity contribution >= 4 is 21.8 Å². The van der Waals surface area contributed by atoms with Crippen LogP contribution in [0.1, 0.15) is 0 Å². The molecule has 16 heavy (non-hydrogen) atoms. The summed E-state index contributed by atoms with van der Waals surface area (Å²) in [6.07, 6.45) is 3.50. The van der Waals surface area contributed by atoms with Crippen LogP contribution in [-0.4, -0.2) is 17.1 Å². The van der Waals surface area contributed by atoms with Gasteiger partial charge in [-0.25, -0.2) is 0 Å². The Labute approximate surface area is 92.7 Å².